The summed E-state index contributed by atoms with van der Waals surface area (Å²) >= 11 is 0. The molecule has 2 N–H and O–H groups in total. The Hall–Kier alpha value is -2.63. The normalized spacial score (nSPS) is 10.9. The van der Waals surface area contributed by atoms with Crippen LogP contribution < -0.4 is 10.5 Å². The highest BCUT2D eigenvalue weighted by atomic mass is 19.1. The molecule has 0 aliphatic rings. The molecule has 0 unspecified atom stereocenters. The first-order valence-electron chi connectivity index (χ1n) is 6.08. The first kappa shape index (κ1) is 12.4. The summed E-state index contributed by atoms with van der Waals surface area (Å²) in [4.78, 5) is 8.20. The van der Waals surface area contributed by atoms with Crippen molar-refractivity contribution in [2.24, 2.45) is 0 Å². The fraction of sp³-hybridized carbons (Fsp3) is 0.143. The third-order valence-electron chi connectivity index (χ3n) is 3.11. The van der Waals surface area contributed by atoms with Gasteiger partial charge in [-0.25, -0.2) is 14.4 Å². The molecule has 0 atom stereocenters. The molecule has 0 aliphatic carbocycles. The molecule has 0 saturated carbocycles. The molecule has 20 heavy (non-hydrogen) atoms. The Morgan fingerprint density at radius 3 is 2.85 bits per heavy atom. The molecule has 0 spiro atoms. The van der Waals surface area contributed by atoms with Crippen LogP contribution in [0, 0.1) is 5.82 Å². The molecule has 2 heterocycles. The third-order valence-corrected chi connectivity index (χ3v) is 3.11. The molecule has 0 saturated heterocycles. The minimum Gasteiger partial charge on any atom is -0.481 e. The van der Waals surface area contributed by atoms with Crippen molar-refractivity contribution < 1.29 is 9.13 Å². The number of benzene rings is 1. The Morgan fingerprint density at radius 1 is 1.30 bits per heavy atom. The standard InChI is InChI=1S/C14H13FN4O/c1-20-12-6-5-9(7-17-12)8-19-11-4-2-3-10(15)13(11)18-14(19)16/h2-7H,8H2,1H3,(H2,16,18). The molecule has 6 heteroatoms. The van der Waals surface area contributed by atoms with E-state index in [2.05, 4.69) is 9.97 Å². The molecule has 2 aromatic heterocycles. The smallest absolute Gasteiger partial charge is 0.212 e. The van der Waals surface area contributed by atoms with Crippen LogP contribution >= 0.6 is 0 Å². The number of para-hydroxylation sites is 1. The van der Waals surface area contributed by atoms with Crippen molar-refractivity contribution in [1.82, 2.24) is 14.5 Å². The van der Waals surface area contributed by atoms with Gasteiger partial charge in [0.15, 0.2) is 5.82 Å². The van der Waals surface area contributed by atoms with Crippen LogP contribution in [0.4, 0.5) is 10.3 Å². The maximum atomic E-state index is 13.7. The maximum absolute atomic E-state index is 13.7. The van der Waals surface area contributed by atoms with E-state index in [0.717, 1.165) is 5.56 Å². The molecule has 1 aromatic carbocycles. The Labute approximate surface area is 114 Å². The van der Waals surface area contributed by atoms with E-state index in [1.54, 1.807) is 36.1 Å². The van der Waals surface area contributed by atoms with E-state index in [-0.39, 0.29) is 17.3 Å². The topological polar surface area (TPSA) is 66.0 Å². The van der Waals surface area contributed by atoms with Crippen LogP contribution in [0.1, 0.15) is 5.56 Å². The van der Waals surface area contributed by atoms with Crippen LogP contribution in [-0.2, 0) is 6.54 Å². The summed E-state index contributed by atoms with van der Waals surface area (Å²) < 4.78 is 20.4. The zero-order chi connectivity index (χ0) is 14.1. The molecule has 0 fully saturated rings. The fourth-order valence-electron chi connectivity index (χ4n) is 2.10. The van der Waals surface area contributed by atoms with E-state index in [9.17, 15) is 4.39 Å². The second kappa shape index (κ2) is 4.80. The predicted octanol–water partition coefficient (Wildman–Crippen LogP) is 2.21. The molecule has 0 radical (unpaired) electrons. The lowest BCUT2D eigenvalue weighted by Gasteiger charge is -2.07. The van der Waals surface area contributed by atoms with Crippen molar-refractivity contribution in [2.45, 2.75) is 6.54 Å². The number of hydrogen-bond donors (Lipinski definition) is 1. The first-order valence-corrected chi connectivity index (χ1v) is 6.08. The average Bonchev–Trinajstić information content (AvgIpc) is 2.78. The van der Waals surface area contributed by atoms with Gasteiger partial charge in [-0.05, 0) is 17.7 Å². The van der Waals surface area contributed by atoms with E-state index >= 15 is 0 Å². The molecule has 0 amide bonds. The summed E-state index contributed by atoms with van der Waals surface area (Å²) in [6.45, 7) is 0.475. The predicted molar refractivity (Wildman–Crippen MR) is 74.0 cm³/mol. The molecule has 3 aromatic rings. The zero-order valence-corrected chi connectivity index (χ0v) is 10.9. The van der Waals surface area contributed by atoms with Gasteiger partial charge in [0.2, 0.25) is 11.8 Å². The van der Waals surface area contributed by atoms with Crippen LogP contribution in [0.15, 0.2) is 36.5 Å². The second-order valence-corrected chi connectivity index (χ2v) is 4.37. The van der Waals surface area contributed by atoms with E-state index in [1.165, 1.54) is 6.07 Å². The van der Waals surface area contributed by atoms with Crippen molar-refractivity contribution in [2.75, 3.05) is 12.8 Å². The number of halogens is 1. The van der Waals surface area contributed by atoms with Crippen LogP contribution in [0.25, 0.3) is 11.0 Å². The number of pyridine rings is 1. The van der Waals surface area contributed by atoms with E-state index < -0.39 is 0 Å². The van der Waals surface area contributed by atoms with Crippen LogP contribution in [0.2, 0.25) is 0 Å². The second-order valence-electron chi connectivity index (χ2n) is 4.37. The van der Waals surface area contributed by atoms with Gasteiger partial charge < -0.3 is 15.0 Å². The van der Waals surface area contributed by atoms with E-state index in [4.69, 9.17) is 10.5 Å². The van der Waals surface area contributed by atoms with Gasteiger partial charge in [-0.15, -0.1) is 0 Å². The van der Waals surface area contributed by atoms with Gasteiger partial charge in [0.25, 0.3) is 0 Å². The number of methoxy groups -OCH3 is 1. The Balaban J connectivity index is 2.01. The molecule has 3 rings (SSSR count). The zero-order valence-electron chi connectivity index (χ0n) is 10.9. The summed E-state index contributed by atoms with van der Waals surface area (Å²) in [6, 6.07) is 8.45. The first-order chi connectivity index (χ1) is 9.69. The quantitative estimate of drug-likeness (QED) is 0.794. The van der Waals surface area contributed by atoms with Crippen molar-refractivity contribution in [3.8, 4) is 5.88 Å². The number of ether oxygens (including phenoxy) is 1. The minimum absolute atomic E-state index is 0.279. The lowest BCUT2D eigenvalue weighted by molar-refractivity contribution is 0.397. The Kier molecular flexibility index (Phi) is 2.98. The largest absolute Gasteiger partial charge is 0.481 e. The molecule has 0 aliphatic heterocycles. The van der Waals surface area contributed by atoms with Gasteiger partial charge in [0, 0.05) is 12.3 Å². The maximum Gasteiger partial charge on any atom is 0.212 e. The highest BCUT2D eigenvalue weighted by Crippen LogP contribution is 2.21. The monoisotopic (exact) mass is 272 g/mol. The number of fused-ring (bicyclic) bond motifs is 1. The molecule has 102 valence electrons. The van der Waals surface area contributed by atoms with Crippen molar-refractivity contribution in [1.29, 1.82) is 0 Å². The number of aromatic nitrogens is 3. The Morgan fingerprint density at radius 2 is 2.15 bits per heavy atom. The number of hydrogen-bond acceptors (Lipinski definition) is 4. The van der Waals surface area contributed by atoms with Gasteiger partial charge in [-0.1, -0.05) is 12.1 Å². The average molecular weight is 272 g/mol. The van der Waals surface area contributed by atoms with E-state index in [0.29, 0.717) is 17.9 Å². The minimum atomic E-state index is -0.374. The lowest BCUT2D eigenvalue weighted by atomic mass is 10.2. The summed E-state index contributed by atoms with van der Waals surface area (Å²) in [5.41, 5.74) is 7.75. The highest BCUT2D eigenvalue weighted by molar-refractivity contribution is 5.79. The summed E-state index contributed by atoms with van der Waals surface area (Å²) in [7, 11) is 1.56. The van der Waals surface area contributed by atoms with Crippen LogP contribution in [-0.4, -0.2) is 21.6 Å². The highest BCUT2D eigenvalue weighted by Gasteiger charge is 2.11. The fourth-order valence-corrected chi connectivity index (χ4v) is 2.10. The van der Waals surface area contributed by atoms with Crippen LogP contribution in [0.5, 0.6) is 5.88 Å². The number of nitrogen functional groups attached to an aromatic ring is 1. The number of rotatable bonds is 3. The van der Waals surface area contributed by atoms with Gasteiger partial charge in [0.1, 0.15) is 5.52 Å². The van der Waals surface area contributed by atoms with Crippen LogP contribution in [0.3, 0.4) is 0 Å². The van der Waals surface area contributed by atoms with Crippen molar-refractivity contribution in [3.63, 3.8) is 0 Å². The van der Waals surface area contributed by atoms with Crippen molar-refractivity contribution >= 4 is 17.0 Å². The third kappa shape index (κ3) is 2.05. The van der Waals surface area contributed by atoms with Gasteiger partial charge in [-0.3, -0.25) is 0 Å². The van der Waals surface area contributed by atoms with E-state index in [1.807, 2.05) is 6.07 Å². The van der Waals surface area contributed by atoms with Gasteiger partial charge >= 0.3 is 0 Å². The van der Waals surface area contributed by atoms with Gasteiger partial charge in [-0.2, -0.15) is 0 Å². The molecule has 5 nitrogen and oxygen atoms in total. The molecular formula is C14H13FN4O. The summed E-state index contributed by atoms with van der Waals surface area (Å²) in [5.74, 6) is 0.449. The number of imidazole rings is 1. The number of anilines is 1. The number of nitrogens with zero attached hydrogens (tertiary/aromatic N) is 3. The molecule has 0 bridgehead atoms. The number of nitrogens with two attached hydrogens (primary N) is 1. The van der Waals surface area contributed by atoms with Crippen molar-refractivity contribution in [3.05, 3.63) is 47.9 Å². The SMILES string of the molecule is COc1ccc(Cn2c(N)nc3c(F)cccc32)cn1. The van der Waals surface area contributed by atoms with Gasteiger partial charge in [0.05, 0.1) is 19.2 Å². The lowest BCUT2D eigenvalue weighted by Crippen LogP contribution is -2.05. The molecular weight excluding hydrogens is 259 g/mol. The Bertz CT molecular complexity index is 752. The summed E-state index contributed by atoms with van der Waals surface area (Å²) in [5, 5.41) is 0. The summed E-state index contributed by atoms with van der Waals surface area (Å²) in [6.07, 6.45) is 1.70.